The fourth-order valence-corrected chi connectivity index (χ4v) is 2.54. The summed E-state index contributed by atoms with van der Waals surface area (Å²) in [6.07, 6.45) is 2.66. The van der Waals surface area contributed by atoms with Crippen molar-refractivity contribution < 1.29 is 14.7 Å². The highest BCUT2D eigenvalue weighted by Crippen LogP contribution is 2.34. The van der Waals surface area contributed by atoms with E-state index in [9.17, 15) is 14.7 Å². The number of likely N-dealkylation sites (tertiary alicyclic amines) is 1. The molecule has 1 aromatic rings. The molecule has 0 radical (unpaired) electrons. The van der Waals surface area contributed by atoms with Gasteiger partial charge in [0.25, 0.3) is 5.91 Å². The molecule has 0 aliphatic carbocycles. The van der Waals surface area contributed by atoms with Crippen LogP contribution in [0.2, 0.25) is 0 Å². The van der Waals surface area contributed by atoms with Crippen LogP contribution in [0.5, 0.6) is 0 Å². The number of carboxylic acid groups (broad SMARTS) is 1. The van der Waals surface area contributed by atoms with Gasteiger partial charge in [-0.2, -0.15) is 0 Å². The van der Waals surface area contributed by atoms with Crippen molar-refractivity contribution in [1.29, 1.82) is 0 Å². The number of aromatic nitrogens is 3. The second-order valence-electron chi connectivity index (χ2n) is 5.27. The van der Waals surface area contributed by atoms with Crippen molar-refractivity contribution in [1.82, 2.24) is 20.1 Å². The Balaban J connectivity index is 2.09. The van der Waals surface area contributed by atoms with Gasteiger partial charge in [-0.15, -0.1) is 5.10 Å². The zero-order chi connectivity index (χ0) is 14.8. The molecule has 7 nitrogen and oxygen atoms in total. The molecular formula is C13H20N4O3. The number of nitrogens with one attached hydrogen (secondary N) is 1. The second-order valence-corrected chi connectivity index (χ2v) is 5.27. The van der Waals surface area contributed by atoms with Crippen LogP contribution in [-0.4, -0.2) is 50.2 Å². The van der Waals surface area contributed by atoms with Crippen LogP contribution in [0.25, 0.3) is 0 Å². The average Bonchev–Trinajstić information content (AvgIpc) is 3.05. The van der Waals surface area contributed by atoms with Gasteiger partial charge in [-0.1, -0.05) is 13.8 Å². The van der Waals surface area contributed by atoms with Crippen LogP contribution in [0.15, 0.2) is 0 Å². The van der Waals surface area contributed by atoms with Crippen molar-refractivity contribution in [3.63, 3.8) is 0 Å². The van der Waals surface area contributed by atoms with Crippen LogP contribution in [0.4, 0.5) is 0 Å². The van der Waals surface area contributed by atoms with Crippen LogP contribution in [0, 0.1) is 5.41 Å². The zero-order valence-electron chi connectivity index (χ0n) is 11.8. The summed E-state index contributed by atoms with van der Waals surface area (Å²) in [6, 6.07) is 0. The molecule has 2 heterocycles. The molecule has 0 saturated carbocycles. The Kier molecular flexibility index (Phi) is 4.06. The van der Waals surface area contributed by atoms with E-state index in [1.165, 1.54) is 4.90 Å². The molecule has 1 aromatic heterocycles. The largest absolute Gasteiger partial charge is 0.481 e. The van der Waals surface area contributed by atoms with E-state index in [1.54, 1.807) is 0 Å². The third-order valence-corrected chi connectivity index (χ3v) is 3.98. The molecule has 1 amide bonds. The second kappa shape index (κ2) is 5.60. The SMILES string of the molecule is CCCc1nc(C(=O)N2CCC(CC)(C(=O)O)C2)n[nH]1. The topological polar surface area (TPSA) is 99.2 Å². The fraction of sp³-hybridized carbons (Fsp3) is 0.692. The predicted octanol–water partition coefficient (Wildman–Crippen LogP) is 1.08. The first-order valence-corrected chi connectivity index (χ1v) is 6.96. The van der Waals surface area contributed by atoms with Crippen molar-refractivity contribution >= 4 is 11.9 Å². The Morgan fingerprint density at radius 3 is 2.75 bits per heavy atom. The van der Waals surface area contributed by atoms with Gasteiger partial charge in [-0.25, -0.2) is 4.98 Å². The lowest BCUT2D eigenvalue weighted by atomic mass is 9.84. The molecule has 2 N–H and O–H groups in total. The summed E-state index contributed by atoms with van der Waals surface area (Å²) in [7, 11) is 0. The average molecular weight is 280 g/mol. The number of nitrogens with zero attached hydrogens (tertiary/aromatic N) is 3. The molecule has 1 aliphatic rings. The lowest BCUT2D eigenvalue weighted by molar-refractivity contribution is -0.148. The molecule has 1 atom stereocenters. The maximum Gasteiger partial charge on any atom is 0.311 e. The van der Waals surface area contributed by atoms with Crippen molar-refractivity contribution in [2.75, 3.05) is 13.1 Å². The van der Waals surface area contributed by atoms with Crippen LogP contribution in [0.1, 0.15) is 49.6 Å². The molecule has 1 aliphatic heterocycles. The van der Waals surface area contributed by atoms with Crippen LogP contribution in [-0.2, 0) is 11.2 Å². The van der Waals surface area contributed by atoms with Gasteiger partial charge in [0.05, 0.1) is 5.41 Å². The molecule has 20 heavy (non-hydrogen) atoms. The molecule has 0 spiro atoms. The zero-order valence-corrected chi connectivity index (χ0v) is 11.8. The maximum absolute atomic E-state index is 12.3. The summed E-state index contributed by atoms with van der Waals surface area (Å²) in [4.78, 5) is 29.3. The van der Waals surface area contributed by atoms with Crippen LogP contribution < -0.4 is 0 Å². The summed E-state index contributed by atoms with van der Waals surface area (Å²) in [5.74, 6) is -0.307. The van der Waals surface area contributed by atoms with E-state index < -0.39 is 11.4 Å². The van der Waals surface area contributed by atoms with E-state index >= 15 is 0 Å². The molecule has 7 heteroatoms. The summed E-state index contributed by atoms with van der Waals surface area (Å²) >= 11 is 0. The summed E-state index contributed by atoms with van der Waals surface area (Å²) < 4.78 is 0. The van der Waals surface area contributed by atoms with Gasteiger partial charge >= 0.3 is 5.97 Å². The molecule has 110 valence electrons. The lowest BCUT2D eigenvalue weighted by Gasteiger charge is -2.22. The Morgan fingerprint density at radius 1 is 1.45 bits per heavy atom. The highest BCUT2D eigenvalue weighted by Gasteiger charge is 2.45. The number of carbonyl (C=O) groups is 2. The normalized spacial score (nSPS) is 22.2. The van der Waals surface area contributed by atoms with Gasteiger partial charge < -0.3 is 10.0 Å². The first-order chi connectivity index (χ1) is 9.52. The van der Waals surface area contributed by atoms with Gasteiger partial charge in [0.2, 0.25) is 5.82 Å². The van der Waals surface area contributed by atoms with E-state index in [4.69, 9.17) is 0 Å². The van der Waals surface area contributed by atoms with E-state index in [0.29, 0.717) is 25.2 Å². The van der Waals surface area contributed by atoms with Gasteiger partial charge in [0, 0.05) is 19.5 Å². The van der Waals surface area contributed by atoms with E-state index in [0.717, 1.165) is 12.8 Å². The van der Waals surface area contributed by atoms with Crippen molar-refractivity contribution in [3.05, 3.63) is 11.6 Å². The summed E-state index contributed by atoms with van der Waals surface area (Å²) in [5, 5.41) is 16.0. The Hall–Kier alpha value is -1.92. The van der Waals surface area contributed by atoms with E-state index in [1.807, 2.05) is 13.8 Å². The number of aliphatic carboxylic acids is 1. The number of carboxylic acids is 1. The number of amides is 1. The Morgan fingerprint density at radius 2 is 2.20 bits per heavy atom. The number of hydrogen-bond donors (Lipinski definition) is 2. The number of aromatic amines is 1. The molecule has 1 saturated heterocycles. The van der Waals surface area contributed by atoms with Crippen molar-refractivity contribution in [3.8, 4) is 0 Å². The Labute approximate surface area is 117 Å². The fourth-order valence-electron chi connectivity index (χ4n) is 2.54. The number of hydrogen-bond acceptors (Lipinski definition) is 4. The number of aryl methyl sites for hydroxylation is 1. The maximum atomic E-state index is 12.3. The molecule has 1 fully saturated rings. The highest BCUT2D eigenvalue weighted by atomic mass is 16.4. The smallest absolute Gasteiger partial charge is 0.311 e. The minimum atomic E-state index is -0.836. The van der Waals surface area contributed by atoms with Crippen molar-refractivity contribution in [2.45, 2.75) is 39.5 Å². The van der Waals surface area contributed by atoms with Crippen LogP contribution in [0.3, 0.4) is 0 Å². The first-order valence-electron chi connectivity index (χ1n) is 6.96. The van der Waals surface area contributed by atoms with Gasteiger partial charge in [-0.05, 0) is 19.3 Å². The van der Waals surface area contributed by atoms with Crippen molar-refractivity contribution in [2.24, 2.45) is 5.41 Å². The predicted molar refractivity (Wildman–Crippen MR) is 71.3 cm³/mol. The number of carbonyl (C=O) groups excluding carboxylic acids is 1. The molecule has 0 bridgehead atoms. The number of H-pyrrole nitrogens is 1. The standard InChI is InChI=1S/C13H20N4O3/c1-3-5-9-14-10(16-15-9)11(18)17-7-6-13(4-2,8-17)12(19)20/h3-8H2,1-2H3,(H,19,20)(H,14,15,16). The minimum absolute atomic E-state index is 0.130. The molecular weight excluding hydrogens is 260 g/mol. The van der Waals surface area contributed by atoms with Gasteiger partial charge in [-0.3, -0.25) is 14.7 Å². The third-order valence-electron chi connectivity index (χ3n) is 3.98. The van der Waals surface area contributed by atoms with E-state index in [-0.39, 0.29) is 18.3 Å². The quantitative estimate of drug-likeness (QED) is 0.841. The van der Waals surface area contributed by atoms with E-state index in [2.05, 4.69) is 15.2 Å². The minimum Gasteiger partial charge on any atom is -0.481 e. The molecule has 2 rings (SSSR count). The molecule has 1 unspecified atom stereocenters. The third kappa shape index (κ3) is 2.52. The first kappa shape index (κ1) is 14.5. The van der Waals surface area contributed by atoms with Crippen LogP contribution >= 0.6 is 0 Å². The summed E-state index contributed by atoms with van der Waals surface area (Å²) in [6.45, 7) is 4.53. The highest BCUT2D eigenvalue weighted by molar-refractivity contribution is 5.91. The summed E-state index contributed by atoms with van der Waals surface area (Å²) in [5.41, 5.74) is -0.821. The Bertz CT molecular complexity index is 513. The van der Waals surface area contributed by atoms with Gasteiger partial charge in [0.1, 0.15) is 5.82 Å². The lowest BCUT2D eigenvalue weighted by Crippen LogP contribution is -2.36. The molecule has 0 aromatic carbocycles. The monoisotopic (exact) mass is 280 g/mol. The van der Waals surface area contributed by atoms with Gasteiger partial charge in [0.15, 0.2) is 0 Å². The number of rotatable bonds is 5.